The van der Waals surface area contributed by atoms with Crippen molar-refractivity contribution in [3.8, 4) is 23.0 Å². The van der Waals surface area contributed by atoms with Gasteiger partial charge in [0.1, 0.15) is 30.8 Å². The normalized spacial score (nSPS) is 18.1. The van der Waals surface area contributed by atoms with Crippen LogP contribution in [0.5, 0.6) is 23.0 Å². The summed E-state index contributed by atoms with van der Waals surface area (Å²) in [6.07, 6.45) is 1.08. The monoisotopic (exact) mass is 476 g/mol. The Labute approximate surface area is 193 Å². The first-order valence-electron chi connectivity index (χ1n) is 10.7. The molecule has 2 aliphatic heterocycles. The Morgan fingerprint density at radius 1 is 1.09 bits per heavy atom. The van der Waals surface area contributed by atoms with Gasteiger partial charge < -0.3 is 23.8 Å². The van der Waals surface area contributed by atoms with E-state index < -0.39 is 16.1 Å². The van der Waals surface area contributed by atoms with E-state index in [1.165, 1.54) is 21.3 Å². The van der Waals surface area contributed by atoms with Crippen molar-refractivity contribution in [1.82, 2.24) is 9.21 Å². The van der Waals surface area contributed by atoms with E-state index in [0.717, 1.165) is 5.56 Å². The summed E-state index contributed by atoms with van der Waals surface area (Å²) in [4.78, 5) is 14.9. The van der Waals surface area contributed by atoms with Crippen LogP contribution in [0.1, 0.15) is 18.4 Å². The maximum atomic E-state index is 13.4. The molecule has 33 heavy (non-hydrogen) atoms. The van der Waals surface area contributed by atoms with Crippen molar-refractivity contribution in [2.45, 2.75) is 30.3 Å². The second-order valence-electron chi connectivity index (χ2n) is 7.95. The van der Waals surface area contributed by atoms with Gasteiger partial charge in [-0.2, -0.15) is 4.31 Å². The highest BCUT2D eigenvalue weighted by molar-refractivity contribution is 7.89. The van der Waals surface area contributed by atoms with Gasteiger partial charge in [0.2, 0.25) is 15.9 Å². The number of fused-ring (bicyclic) bond motifs is 1. The molecule has 0 N–H and O–H groups in total. The van der Waals surface area contributed by atoms with Crippen LogP contribution in [0.2, 0.25) is 0 Å². The van der Waals surface area contributed by atoms with Gasteiger partial charge in [0.05, 0.1) is 19.1 Å². The molecule has 1 atom stereocenters. The maximum absolute atomic E-state index is 13.4. The summed E-state index contributed by atoms with van der Waals surface area (Å²) in [5.41, 5.74) is 0.799. The summed E-state index contributed by atoms with van der Waals surface area (Å²) in [6.45, 7) is 1.35. The molecule has 2 aromatic rings. The number of hydrogen-bond acceptors (Lipinski definition) is 7. The third-order valence-electron chi connectivity index (χ3n) is 5.89. The number of amides is 1. The molecule has 0 bridgehead atoms. The second kappa shape index (κ2) is 9.48. The number of methoxy groups -OCH3 is 2. The molecule has 0 spiro atoms. The van der Waals surface area contributed by atoms with Crippen LogP contribution in [-0.4, -0.2) is 70.6 Å². The molecule has 2 aliphatic rings. The van der Waals surface area contributed by atoms with E-state index >= 15 is 0 Å². The van der Waals surface area contributed by atoms with Crippen molar-refractivity contribution < 1.29 is 32.2 Å². The third-order valence-corrected chi connectivity index (χ3v) is 7.79. The summed E-state index contributed by atoms with van der Waals surface area (Å²) in [6, 6.07) is 9.17. The van der Waals surface area contributed by atoms with Gasteiger partial charge in [-0.05, 0) is 37.1 Å². The lowest BCUT2D eigenvalue weighted by atomic mass is 10.1. The fourth-order valence-electron chi connectivity index (χ4n) is 4.16. The number of rotatable bonds is 7. The van der Waals surface area contributed by atoms with E-state index in [0.29, 0.717) is 49.1 Å². The van der Waals surface area contributed by atoms with Crippen molar-refractivity contribution in [2.75, 3.05) is 41.0 Å². The molecule has 4 rings (SSSR count). The van der Waals surface area contributed by atoms with Gasteiger partial charge in [-0.3, -0.25) is 4.79 Å². The standard InChI is InChI=1S/C23H28N2O7S/c1-24(15-16-6-7-17(29-2)13-21(16)30-3)23(26)19-5-4-10-25(19)33(27,28)18-8-9-20-22(14-18)32-12-11-31-20/h6-9,13-14,19H,4-5,10-12,15H2,1-3H3. The summed E-state index contributed by atoms with van der Waals surface area (Å²) >= 11 is 0. The summed E-state index contributed by atoms with van der Waals surface area (Å²) < 4.78 is 49.8. The van der Waals surface area contributed by atoms with Crippen LogP contribution in [-0.2, 0) is 21.4 Å². The van der Waals surface area contributed by atoms with Crippen LogP contribution < -0.4 is 18.9 Å². The van der Waals surface area contributed by atoms with Crippen molar-refractivity contribution in [2.24, 2.45) is 0 Å². The third kappa shape index (κ3) is 4.58. The molecule has 0 aromatic heterocycles. The molecule has 10 heteroatoms. The van der Waals surface area contributed by atoms with Crippen LogP contribution in [0.3, 0.4) is 0 Å². The van der Waals surface area contributed by atoms with Crippen molar-refractivity contribution in [1.29, 1.82) is 0 Å². The first-order valence-corrected chi connectivity index (χ1v) is 12.2. The minimum atomic E-state index is -3.89. The first kappa shape index (κ1) is 23.2. The zero-order valence-electron chi connectivity index (χ0n) is 18.9. The summed E-state index contributed by atoms with van der Waals surface area (Å²) in [7, 11) is 0.905. The lowest BCUT2D eigenvalue weighted by molar-refractivity contribution is -0.133. The Bertz CT molecular complexity index is 1140. The van der Waals surface area contributed by atoms with Gasteiger partial charge in [-0.15, -0.1) is 0 Å². The lowest BCUT2D eigenvalue weighted by Crippen LogP contribution is -2.46. The van der Waals surface area contributed by atoms with E-state index in [-0.39, 0.29) is 23.9 Å². The quantitative estimate of drug-likeness (QED) is 0.605. The van der Waals surface area contributed by atoms with Crippen LogP contribution in [0.15, 0.2) is 41.3 Å². The Balaban J connectivity index is 1.53. The molecule has 1 fully saturated rings. The Kier molecular flexibility index (Phi) is 6.66. The molecule has 0 saturated carbocycles. The smallest absolute Gasteiger partial charge is 0.243 e. The van der Waals surface area contributed by atoms with Gasteiger partial charge in [0, 0.05) is 37.8 Å². The molecule has 0 aliphatic carbocycles. The van der Waals surface area contributed by atoms with Gasteiger partial charge in [-0.1, -0.05) is 0 Å². The molecule has 1 unspecified atom stereocenters. The minimum absolute atomic E-state index is 0.0888. The molecule has 178 valence electrons. The summed E-state index contributed by atoms with van der Waals surface area (Å²) in [5, 5.41) is 0. The Morgan fingerprint density at radius 2 is 1.85 bits per heavy atom. The van der Waals surface area contributed by atoms with E-state index in [1.807, 2.05) is 6.07 Å². The SMILES string of the molecule is COc1ccc(CN(C)C(=O)C2CCCN2S(=O)(=O)c2ccc3c(c2)OCCO3)c(OC)c1. The number of sulfonamides is 1. The number of likely N-dealkylation sites (N-methyl/N-ethyl adjacent to an activating group) is 1. The molecular formula is C23H28N2O7S. The van der Waals surface area contributed by atoms with E-state index in [4.69, 9.17) is 18.9 Å². The van der Waals surface area contributed by atoms with Crippen molar-refractivity contribution in [3.05, 3.63) is 42.0 Å². The van der Waals surface area contributed by atoms with Gasteiger partial charge >= 0.3 is 0 Å². The zero-order chi connectivity index (χ0) is 23.6. The molecule has 9 nitrogen and oxygen atoms in total. The lowest BCUT2D eigenvalue weighted by Gasteiger charge is -2.28. The maximum Gasteiger partial charge on any atom is 0.243 e. The minimum Gasteiger partial charge on any atom is -0.497 e. The number of hydrogen-bond donors (Lipinski definition) is 0. The average molecular weight is 477 g/mol. The Morgan fingerprint density at radius 3 is 2.58 bits per heavy atom. The average Bonchev–Trinajstić information content (AvgIpc) is 3.34. The molecule has 2 heterocycles. The highest BCUT2D eigenvalue weighted by atomic mass is 32.2. The van der Waals surface area contributed by atoms with Crippen LogP contribution in [0.4, 0.5) is 0 Å². The first-order chi connectivity index (χ1) is 15.8. The van der Waals surface area contributed by atoms with Gasteiger partial charge in [0.25, 0.3) is 0 Å². The predicted molar refractivity (Wildman–Crippen MR) is 120 cm³/mol. The van der Waals surface area contributed by atoms with E-state index in [9.17, 15) is 13.2 Å². The number of ether oxygens (including phenoxy) is 4. The molecule has 1 amide bonds. The molecule has 0 radical (unpaired) electrons. The van der Waals surface area contributed by atoms with Crippen molar-refractivity contribution >= 4 is 15.9 Å². The highest BCUT2D eigenvalue weighted by Gasteiger charge is 2.41. The number of carbonyl (C=O) groups is 1. The van der Waals surface area contributed by atoms with Crippen LogP contribution in [0.25, 0.3) is 0 Å². The number of benzene rings is 2. The fourth-order valence-corrected chi connectivity index (χ4v) is 5.83. The second-order valence-corrected chi connectivity index (χ2v) is 9.84. The highest BCUT2D eigenvalue weighted by Crippen LogP contribution is 2.35. The summed E-state index contributed by atoms with van der Waals surface area (Å²) in [5.74, 6) is 1.90. The fraction of sp³-hybridized carbons (Fsp3) is 0.435. The largest absolute Gasteiger partial charge is 0.497 e. The van der Waals surface area contributed by atoms with Crippen LogP contribution >= 0.6 is 0 Å². The van der Waals surface area contributed by atoms with E-state index in [2.05, 4.69) is 0 Å². The molecule has 2 aromatic carbocycles. The number of carbonyl (C=O) groups excluding carboxylic acids is 1. The van der Waals surface area contributed by atoms with Crippen LogP contribution in [0, 0.1) is 0 Å². The van der Waals surface area contributed by atoms with Gasteiger partial charge in [-0.25, -0.2) is 8.42 Å². The van der Waals surface area contributed by atoms with Crippen molar-refractivity contribution in [3.63, 3.8) is 0 Å². The predicted octanol–water partition coefficient (Wildman–Crippen LogP) is 2.29. The Hall–Kier alpha value is -2.98. The topological polar surface area (TPSA) is 94.6 Å². The van der Waals surface area contributed by atoms with Gasteiger partial charge in [0.15, 0.2) is 11.5 Å². The van der Waals surface area contributed by atoms with E-state index in [1.54, 1.807) is 39.5 Å². The molecule has 1 saturated heterocycles. The zero-order valence-corrected chi connectivity index (χ0v) is 19.8. The number of nitrogens with zero attached hydrogens (tertiary/aromatic N) is 2. The molecular weight excluding hydrogens is 448 g/mol.